The fourth-order valence-electron chi connectivity index (χ4n) is 1.33. The quantitative estimate of drug-likeness (QED) is 0.736. The number of hydrogen-bond acceptors (Lipinski definition) is 5. The molecule has 0 fully saturated rings. The summed E-state index contributed by atoms with van der Waals surface area (Å²) in [7, 11) is 4.29. The Morgan fingerprint density at radius 1 is 1.21 bits per heavy atom. The van der Waals surface area contributed by atoms with E-state index in [1.165, 1.54) is 35.3 Å². The minimum Gasteiger partial charge on any atom is -0.468 e. The molecule has 1 heterocycles. The van der Waals surface area contributed by atoms with Crippen LogP contribution in [0.25, 0.3) is 0 Å². The minimum absolute atomic E-state index is 0.0791. The average Bonchev–Trinajstić information content (AvgIpc) is 2.91. The number of nitrogens with zero attached hydrogens (tertiary/aromatic N) is 2. The van der Waals surface area contributed by atoms with Gasteiger partial charge >= 0.3 is 5.97 Å². The van der Waals surface area contributed by atoms with Crippen LogP contribution in [0.5, 0.6) is 0 Å². The summed E-state index contributed by atoms with van der Waals surface area (Å²) >= 11 is 1.32. The molecule has 1 aromatic heterocycles. The summed E-state index contributed by atoms with van der Waals surface area (Å²) in [6.45, 7) is -0.208. The summed E-state index contributed by atoms with van der Waals surface area (Å²) in [4.78, 5) is 37.9. The van der Waals surface area contributed by atoms with Crippen molar-refractivity contribution in [2.75, 3.05) is 34.3 Å². The Bertz CT molecular complexity index is 458. The lowest BCUT2D eigenvalue weighted by Gasteiger charge is -2.20. The van der Waals surface area contributed by atoms with Crippen LogP contribution >= 0.6 is 11.3 Å². The molecule has 19 heavy (non-hydrogen) atoms. The maximum absolute atomic E-state index is 11.9. The highest BCUT2D eigenvalue weighted by Crippen LogP contribution is 2.10. The maximum atomic E-state index is 11.9. The Morgan fingerprint density at radius 2 is 1.89 bits per heavy atom. The number of amides is 2. The van der Waals surface area contributed by atoms with Crippen molar-refractivity contribution in [3.05, 3.63) is 22.4 Å². The Balaban J connectivity index is 2.52. The molecule has 0 unspecified atom stereocenters. The Kier molecular flexibility index (Phi) is 5.50. The third-order valence-corrected chi connectivity index (χ3v) is 3.33. The van der Waals surface area contributed by atoms with Crippen LogP contribution in [0.3, 0.4) is 0 Å². The molecule has 1 aromatic rings. The van der Waals surface area contributed by atoms with E-state index < -0.39 is 5.97 Å². The van der Waals surface area contributed by atoms with Gasteiger partial charge in [0.2, 0.25) is 5.91 Å². The number of ether oxygens (including phenoxy) is 1. The third-order valence-electron chi connectivity index (χ3n) is 2.47. The van der Waals surface area contributed by atoms with Crippen LogP contribution in [-0.2, 0) is 14.3 Å². The van der Waals surface area contributed by atoms with Crippen molar-refractivity contribution in [3.8, 4) is 0 Å². The summed E-state index contributed by atoms with van der Waals surface area (Å²) in [5.74, 6) is -1.03. The van der Waals surface area contributed by atoms with Crippen molar-refractivity contribution >= 4 is 29.1 Å². The van der Waals surface area contributed by atoms with Crippen LogP contribution in [0, 0.1) is 0 Å². The Labute approximate surface area is 115 Å². The first-order chi connectivity index (χ1) is 8.95. The van der Waals surface area contributed by atoms with E-state index in [4.69, 9.17) is 0 Å². The SMILES string of the molecule is COC(=O)CN(C)C(=O)CN(C)C(=O)c1cccs1. The number of methoxy groups -OCH3 is 1. The van der Waals surface area contributed by atoms with E-state index >= 15 is 0 Å². The second-order valence-corrected chi connectivity index (χ2v) is 4.91. The summed E-state index contributed by atoms with van der Waals surface area (Å²) in [5, 5.41) is 1.80. The van der Waals surface area contributed by atoms with Crippen LogP contribution < -0.4 is 0 Å². The number of esters is 1. The zero-order chi connectivity index (χ0) is 14.4. The number of carbonyl (C=O) groups is 3. The van der Waals surface area contributed by atoms with Crippen molar-refractivity contribution in [3.63, 3.8) is 0 Å². The smallest absolute Gasteiger partial charge is 0.325 e. The van der Waals surface area contributed by atoms with Gasteiger partial charge in [0.15, 0.2) is 0 Å². The molecule has 0 aromatic carbocycles. The first kappa shape index (κ1) is 15.2. The van der Waals surface area contributed by atoms with Crippen LogP contribution in [0.2, 0.25) is 0 Å². The van der Waals surface area contributed by atoms with Crippen molar-refractivity contribution in [2.24, 2.45) is 0 Å². The number of carbonyl (C=O) groups excluding carboxylic acids is 3. The predicted molar refractivity (Wildman–Crippen MR) is 70.9 cm³/mol. The van der Waals surface area contributed by atoms with Gasteiger partial charge in [-0.05, 0) is 11.4 Å². The van der Waals surface area contributed by atoms with Gasteiger partial charge in [-0.15, -0.1) is 11.3 Å². The number of thiophene rings is 1. The standard InChI is InChI=1S/C12H16N2O4S/c1-13(8-11(16)18-3)10(15)7-14(2)12(17)9-5-4-6-19-9/h4-6H,7-8H2,1-3H3. The first-order valence-electron chi connectivity index (χ1n) is 5.55. The zero-order valence-corrected chi connectivity index (χ0v) is 11.9. The van der Waals surface area contributed by atoms with Crippen molar-refractivity contribution in [2.45, 2.75) is 0 Å². The minimum atomic E-state index is -0.497. The lowest BCUT2D eigenvalue weighted by atomic mass is 10.4. The summed E-state index contributed by atoms with van der Waals surface area (Å²) in [6.07, 6.45) is 0. The molecule has 2 amide bonds. The molecule has 0 saturated carbocycles. The number of hydrogen-bond donors (Lipinski definition) is 0. The Morgan fingerprint density at radius 3 is 2.42 bits per heavy atom. The molecule has 0 atom stereocenters. The van der Waals surface area contributed by atoms with Gasteiger partial charge in [0.25, 0.3) is 5.91 Å². The fourth-order valence-corrected chi connectivity index (χ4v) is 2.05. The summed E-state index contributed by atoms with van der Waals surface area (Å²) in [5.41, 5.74) is 0. The van der Waals surface area contributed by atoms with Gasteiger partial charge in [-0.1, -0.05) is 6.07 Å². The van der Waals surface area contributed by atoms with E-state index in [9.17, 15) is 14.4 Å². The fraction of sp³-hybridized carbons (Fsp3) is 0.417. The number of likely N-dealkylation sites (N-methyl/N-ethyl adjacent to an activating group) is 2. The van der Waals surface area contributed by atoms with E-state index in [-0.39, 0.29) is 24.9 Å². The van der Waals surface area contributed by atoms with Crippen molar-refractivity contribution in [1.82, 2.24) is 9.80 Å². The Hall–Kier alpha value is -1.89. The highest BCUT2D eigenvalue weighted by molar-refractivity contribution is 7.12. The van der Waals surface area contributed by atoms with Gasteiger partial charge in [-0.3, -0.25) is 14.4 Å². The molecular formula is C12H16N2O4S. The van der Waals surface area contributed by atoms with Crippen LogP contribution in [0.1, 0.15) is 9.67 Å². The molecule has 0 aliphatic heterocycles. The van der Waals surface area contributed by atoms with Crippen molar-refractivity contribution in [1.29, 1.82) is 0 Å². The van der Waals surface area contributed by atoms with Gasteiger partial charge < -0.3 is 14.5 Å². The van der Waals surface area contributed by atoms with Gasteiger partial charge in [0.1, 0.15) is 6.54 Å². The van der Waals surface area contributed by atoms with E-state index in [0.717, 1.165) is 0 Å². The molecule has 104 valence electrons. The van der Waals surface area contributed by atoms with E-state index in [0.29, 0.717) is 4.88 Å². The molecule has 0 aliphatic rings. The van der Waals surface area contributed by atoms with Crippen LogP contribution in [-0.4, -0.2) is 61.9 Å². The van der Waals surface area contributed by atoms with Gasteiger partial charge in [0.05, 0.1) is 18.5 Å². The molecule has 0 spiro atoms. The predicted octanol–water partition coefficient (Wildman–Crippen LogP) is 0.452. The summed E-state index contributed by atoms with van der Waals surface area (Å²) in [6, 6.07) is 3.48. The van der Waals surface area contributed by atoms with E-state index in [1.54, 1.807) is 24.6 Å². The average molecular weight is 284 g/mol. The van der Waals surface area contributed by atoms with Gasteiger partial charge in [-0.2, -0.15) is 0 Å². The monoisotopic (exact) mass is 284 g/mol. The lowest BCUT2D eigenvalue weighted by molar-refractivity contribution is -0.146. The van der Waals surface area contributed by atoms with E-state index in [2.05, 4.69) is 4.74 Å². The number of rotatable bonds is 5. The highest BCUT2D eigenvalue weighted by atomic mass is 32.1. The second-order valence-electron chi connectivity index (χ2n) is 3.96. The van der Waals surface area contributed by atoms with Crippen LogP contribution in [0.15, 0.2) is 17.5 Å². The molecule has 6 nitrogen and oxygen atoms in total. The zero-order valence-electron chi connectivity index (χ0n) is 11.1. The van der Waals surface area contributed by atoms with Crippen LogP contribution in [0.4, 0.5) is 0 Å². The maximum Gasteiger partial charge on any atom is 0.325 e. The molecule has 0 bridgehead atoms. The molecule has 0 radical (unpaired) electrons. The highest BCUT2D eigenvalue weighted by Gasteiger charge is 2.19. The third kappa shape index (κ3) is 4.36. The molecule has 0 aliphatic carbocycles. The van der Waals surface area contributed by atoms with Gasteiger partial charge in [-0.25, -0.2) is 0 Å². The molecule has 0 N–H and O–H groups in total. The lowest BCUT2D eigenvalue weighted by Crippen LogP contribution is -2.41. The molecule has 1 rings (SSSR count). The largest absolute Gasteiger partial charge is 0.468 e. The van der Waals surface area contributed by atoms with Gasteiger partial charge in [0, 0.05) is 14.1 Å². The normalized spacial score (nSPS) is 9.84. The topological polar surface area (TPSA) is 66.9 Å². The molecular weight excluding hydrogens is 268 g/mol. The first-order valence-corrected chi connectivity index (χ1v) is 6.43. The molecule has 0 saturated heterocycles. The van der Waals surface area contributed by atoms with E-state index in [1.807, 2.05) is 0 Å². The molecule has 7 heteroatoms. The van der Waals surface area contributed by atoms with Crippen molar-refractivity contribution < 1.29 is 19.1 Å². The summed E-state index contributed by atoms with van der Waals surface area (Å²) < 4.78 is 4.47. The second kappa shape index (κ2) is 6.89.